The maximum Gasteiger partial charge on any atom is 0.122 e. The molecule has 3 N–H and O–H groups in total. The summed E-state index contributed by atoms with van der Waals surface area (Å²) in [5.41, 5.74) is 6.26. The molecule has 0 bridgehead atoms. The molecule has 1 atom stereocenters. The molecule has 0 amide bonds. The lowest BCUT2D eigenvalue weighted by molar-refractivity contribution is 0.357. The first-order valence-corrected chi connectivity index (χ1v) is 7.13. The quantitative estimate of drug-likeness (QED) is 0.655. The molecule has 1 aromatic heterocycles. The van der Waals surface area contributed by atoms with Crippen molar-refractivity contribution in [2.45, 2.75) is 25.8 Å². The third-order valence-corrected chi connectivity index (χ3v) is 4.23. The van der Waals surface area contributed by atoms with Crippen LogP contribution in [0.2, 0.25) is 0 Å². The zero-order chi connectivity index (χ0) is 13.2. The van der Waals surface area contributed by atoms with E-state index < -0.39 is 0 Å². The number of nitrogens with two attached hydrogens (primary N) is 1. The second-order valence-corrected chi connectivity index (χ2v) is 5.29. The monoisotopic (exact) mass is 276 g/mol. The molecule has 3 rings (SSSR count). The van der Waals surface area contributed by atoms with Gasteiger partial charge in [-0.25, -0.2) is 5.43 Å². The molecule has 0 saturated carbocycles. The average molecular weight is 276 g/mol. The summed E-state index contributed by atoms with van der Waals surface area (Å²) in [5.74, 6) is 6.72. The minimum absolute atomic E-state index is 0.0548. The normalized spacial score (nSPS) is 15.1. The van der Waals surface area contributed by atoms with E-state index in [0.717, 1.165) is 41.3 Å². The molecule has 1 aliphatic heterocycles. The number of aryl methyl sites for hydroxylation is 1. The molecule has 0 fully saturated rings. The van der Waals surface area contributed by atoms with Crippen LogP contribution >= 0.6 is 11.5 Å². The molecule has 19 heavy (non-hydrogen) atoms. The summed E-state index contributed by atoms with van der Waals surface area (Å²) in [4.78, 5) is 1.09. The van der Waals surface area contributed by atoms with Crippen molar-refractivity contribution in [1.29, 1.82) is 0 Å². The standard InChI is InChI=1S/C13H16N4OS/c1-2-10-13(19-17-16-10)12(15-14)9-3-4-11-8(7-9)5-6-18-11/h3-4,7,12,15H,2,5-6,14H2,1H3. The lowest BCUT2D eigenvalue weighted by atomic mass is 10.0. The van der Waals surface area contributed by atoms with Crippen molar-refractivity contribution in [2.75, 3.05) is 6.61 Å². The summed E-state index contributed by atoms with van der Waals surface area (Å²) < 4.78 is 9.56. The Bertz CT molecular complexity index is 584. The van der Waals surface area contributed by atoms with Gasteiger partial charge in [-0.2, -0.15) is 0 Å². The molecule has 1 aliphatic rings. The Hall–Kier alpha value is -1.50. The summed E-state index contributed by atoms with van der Waals surface area (Å²) in [5, 5.41) is 4.15. The second kappa shape index (κ2) is 5.24. The topological polar surface area (TPSA) is 73.1 Å². The SMILES string of the molecule is CCc1nnsc1C(NN)c1ccc2c(c1)CCO2. The maximum absolute atomic E-state index is 5.73. The van der Waals surface area contributed by atoms with Crippen LogP contribution < -0.4 is 16.0 Å². The van der Waals surface area contributed by atoms with Crippen LogP contribution in [0.1, 0.15) is 34.7 Å². The van der Waals surface area contributed by atoms with Gasteiger partial charge in [0.2, 0.25) is 0 Å². The maximum atomic E-state index is 5.73. The number of hydrogen-bond donors (Lipinski definition) is 2. The Morgan fingerprint density at radius 3 is 3.21 bits per heavy atom. The Morgan fingerprint density at radius 2 is 2.42 bits per heavy atom. The molecule has 2 heterocycles. The van der Waals surface area contributed by atoms with E-state index in [1.807, 2.05) is 12.1 Å². The molecule has 0 radical (unpaired) electrons. The Labute approximate surface area is 115 Å². The van der Waals surface area contributed by atoms with E-state index in [0.29, 0.717) is 0 Å². The van der Waals surface area contributed by atoms with Gasteiger partial charge in [0.25, 0.3) is 0 Å². The van der Waals surface area contributed by atoms with Gasteiger partial charge in [0.05, 0.1) is 23.2 Å². The van der Waals surface area contributed by atoms with Gasteiger partial charge in [-0.3, -0.25) is 5.84 Å². The van der Waals surface area contributed by atoms with E-state index in [-0.39, 0.29) is 6.04 Å². The van der Waals surface area contributed by atoms with E-state index in [2.05, 4.69) is 28.0 Å². The van der Waals surface area contributed by atoms with Crippen LogP contribution in [0, 0.1) is 0 Å². The van der Waals surface area contributed by atoms with Crippen LogP contribution in [0.3, 0.4) is 0 Å². The van der Waals surface area contributed by atoms with E-state index in [4.69, 9.17) is 10.6 Å². The lowest BCUT2D eigenvalue weighted by Crippen LogP contribution is -2.29. The zero-order valence-corrected chi connectivity index (χ0v) is 11.5. The third kappa shape index (κ3) is 2.22. The Balaban J connectivity index is 1.98. The molecule has 0 saturated heterocycles. The number of hydrazine groups is 1. The lowest BCUT2D eigenvalue weighted by Gasteiger charge is -2.16. The van der Waals surface area contributed by atoms with Crippen molar-refractivity contribution < 1.29 is 4.74 Å². The molecule has 100 valence electrons. The number of nitrogens with zero attached hydrogens (tertiary/aromatic N) is 2. The zero-order valence-electron chi connectivity index (χ0n) is 10.7. The van der Waals surface area contributed by atoms with Crippen LogP contribution in [0.25, 0.3) is 0 Å². The summed E-state index contributed by atoms with van der Waals surface area (Å²) in [6, 6.07) is 6.17. The van der Waals surface area contributed by atoms with Crippen molar-refractivity contribution in [3.05, 3.63) is 39.9 Å². The van der Waals surface area contributed by atoms with Gasteiger partial charge in [-0.1, -0.05) is 17.5 Å². The molecule has 1 aromatic carbocycles. The van der Waals surface area contributed by atoms with Crippen LogP contribution in [0.15, 0.2) is 18.2 Å². The number of nitrogens with one attached hydrogen (secondary N) is 1. The molecule has 1 unspecified atom stereocenters. The Morgan fingerprint density at radius 1 is 1.53 bits per heavy atom. The number of aromatic nitrogens is 2. The highest BCUT2D eigenvalue weighted by Crippen LogP contribution is 2.32. The molecule has 2 aromatic rings. The summed E-state index contributed by atoms with van der Waals surface area (Å²) in [7, 11) is 0. The van der Waals surface area contributed by atoms with E-state index in [9.17, 15) is 0 Å². The second-order valence-electron chi connectivity index (χ2n) is 4.50. The van der Waals surface area contributed by atoms with Crippen LogP contribution in [0.4, 0.5) is 0 Å². The molecular formula is C13H16N4OS. The first-order valence-electron chi connectivity index (χ1n) is 6.36. The minimum atomic E-state index is -0.0548. The predicted octanol–water partition coefficient (Wildman–Crippen LogP) is 1.59. The number of benzene rings is 1. The van der Waals surface area contributed by atoms with E-state index in [1.165, 1.54) is 17.1 Å². The van der Waals surface area contributed by atoms with E-state index >= 15 is 0 Å². The van der Waals surface area contributed by atoms with Crippen molar-refractivity contribution in [2.24, 2.45) is 5.84 Å². The first kappa shape index (κ1) is 12.5. The number of rotatable bonds is 4. The number of hydrogen-bond acceptors (Lipinski definition) is 6. The number of fused-ring (bicyclic) bond motifs is 1. The predicted molar refractivity (Wildman–Crippen MR) is 74.1 cm³/mol. The third-order valence-electron chi connectivity index (χ3n) is 3.40. The van der Waals surface area contributed by atoms with E-state index in [1.54, 1.807) is 0 Å². The number of ether oxygens (including phenoxy) is 1. The van der Waals surface area contributed by atoms with Gasteiger partial charge >= 0.3 is 0 Å². The molecule has 0 aliphatic carbocycles. The minimum Gasteiger partial charge on any atom is -0.493 e. The molecular weight excluding hydrogens is 260 g/mol. The summed E-state index contributed by atoms with van der Waals surface area (Å²) in [6.45, 7) is 2.84. The molecule has 0 spiro atoms. The van der Waals surface area contributed by atoms with Crippen LogP contribution in [-0.4, -0.2) is 16.2 Å². The van der Waals surface area contributed by atoms with Gasteiger partial charge in [0, 0.05) is 6.42 Å². The average Bonchev–Trinajstić information content (AvgIpc) is 3.07. The highest BCUT2D eigenvalue weighted by molar-refractivity contribution is 7.05. The van der Waals surface area contributed by atoms with Crippen molar-refractivity contribution in [1.82, 2.24) is 15.0 Å². The van der Waals surface area contributed by atoms with Crippen molar-refractivity contribution in [3.63, 3.8) is 0 Å². The van der Waals surface area contributed by atoms with Gasteiger partial charge < -0.3 is 4.74 Å². The first-order chi connectivity index (χ1) is 9.33. The largest absolute Gasteiger partial charge is 0.493 e. The fraction of sp³-hybridized carbons (Fsp3) is 0.385. The Kier molecular flexibility index (Phi) is 3.46. The summed E-state index contributed by atoms with van der Waals surface area (Å²) in [6.07, 6.45) is 1.82. The van der Waals surface area contributed by atoms with Gasteiger partial charge in [-0.05, 0) is 41.2 Å². The van der Waals surface area contributed by atoms with Crippen molar-refractivity contribution >= 4 is 11.5 Å². The van der Waals surface area contributed by atoms with Crippen LogP contribution in [-0.2, 0) is 12.8 Å². The summed E-state index contributed by atoms with van der Waals surface area (Å²) >= 11 is 1.40. The fourth-order valence-electron chi connectivity index (χ4n) is 2.39. The van der Waals surface area contributed by atoms with Crippen LogP contribution in [0.5, 0.6) is 5.75 Å². The highest BCUT2D eigenvalue weighted by atomic mass is 32.1. The fourth-order valence-corrected chi connectivity index (χ4v) is 3.22. The van der Waals surface area contributed by atoms with Gasteiger partial charge in [0.1, 0.15) is 5.75 Å². The molecule has 6 heteroatoms. The van der Waals surface area contributed by atoms with Gasteiger partial charge in [-0.15, -0.1) is 5.10 Å². The molecule has 5 nitrogen and oxygen atoms in total. The smallest absolute Gasteiger partial charge is 0.122 e. The van der Waals surface area contributed by atoms with Gasteiger partial charge in [0.15, 0.2) is 0 Å². The van der Waals surface area contributed by atoms with Crippen molar-refractivity contribution in [3.8, 4) is 5.75 Å². The highest BCUT2D eigenvalue weighted by Gasteiger charge is 2.21.